The number of hydrogen-bond acceptors (Lipinski definition) is 6. The number of benzene rings is 1. The molecular weight excluding hydrogens is 391 g/mol. The Balaban J connectivity index is 0.00000147. The van der Waals surface area contributed by atoms with E-state index in [4.69, 9.17) is 19.9 Å². The molecular formula is C13H15IN2O3S. The standard InChI is InChI=1S/C13H14N2O3S.HI/c1-16-7-5-4-6-8(10(7)17-2)11(18-3)12-9(6)15-13(14)19-12;/h4-5,11H,1-3H3,(H2,14,15);1H. The van der Waals surface area contributed by atoms with Gasteiger partial charge in [-0.1, -0.05) is 11.3 Å². The maximum absolute atomic E-state index is 5.79. The van der Waals surface area contributed by atoms with Crippen molar-refractivity contribution in [3.05, 3.63) is 22.6 Å². The molecule has 5 nitrogen and oxygen atoms in total. The SMILES string of the molecule is COc1ccc2c(c1OC)C(OC)c1sc(N)nc1-2.I. The number of methoxy groups -OCH3 is 3. The molecule has 0 radical (unpaired) electrons. The van der Waals surface area contributed by atoms with Crippen LogP contribution in [0.4, 0.5) is 5.13 Å². The Labute approximate surface area is 138 Å². The Morgan fingerprint density at radius 3 is 2.55 bits per heavy atom. The molecule has 108 valence electrons. The van der Waals surface area contributed by atoms with Gasteiger partial charge in [0, 0.05) is 18.2 Å². The lowest BCUT2D eigenvalue weighted by molar-refractivity contribution is 0.139. The molecule has 1 aliphatic rings. The summed E-state index contributed by atoms with van der Waals surface area (Å²) in [5.74, 6) is 1.38. The van der Waals surface area contributed by atoms with E-state index in [9.17, 15) is 0 Å². The molecule has 0 saturated heterocycles. The van der Waals surface area contributed by atoms with Crippen molar-refractivity contribution in [2.45, 2.75) is 6.10 Å². The highest BCUT2D eigenvalue weighted by Gasteiger charge is 2.36. The third kappa shape index (κ3) is 2.04. The molecule has 2 aromatic rings. The molecule has 1 aromatic carbocycles. The number of thiazole rings is 1. The van der Waals surface area contributed by atoms with Gasteiger partial charge in [0.1, 0.15) is 6.10 Å². The lowest BCUT2D eigenvalue weighted by Crippen LogP contribution is -2.02. The van der Waals surface area contributed by atoms with Crippen molar-refractivity contribution in [1.29, 1.82) is 0 Å². The Kier molecular flexibility index (Phi) is 4.40. The smallest absolute Gasteiger partial charge is 0.180 e. The Morgan fingerprint density at radius 1 is 1.20 bits per heavy atom. The third-order valence-corrected chi connectivity index (χ3v) is 4.17. The summed E-state index contributed by atoms with van der Waals surface area (Å²) in [4.78, 5) is 5.40. The Morgan fingerprint density at radius 2 is 1.95 bits per heavy atom. The van der Waals surface area contributed by atoms with Crippen LogP contribution in [0.3, 0.4) is 0 Å². The number of nitrogen functional groups attached to an aromatic ring is 1. The normalized spacial score (nSPS) is 15.2. The van der Waals surface area contributed by atoms with Gasteiger partial charge in [0.15, 0.2) is 16.6 Å². The summed E-state index contributed by atoms with van der Waals surface area (Å²) < 4.78 is 16.4. The van der Waals surface area contributed by atoms with Crippen molar-refractivity contribution in [1.82, 2.24) is 4.98 Å². The zero-order valence-electron chi connectivity index (χ0n) is 11.3. The first-order valence-electron chi connectivity index (χ1n) is 5.75. The van der Waals surface area contributed by atoms with Gasteiger partial charge in [-0.15, -0.1) is 24.0 Å². The summed E-state index contributed by atoms with van der Waals surface area (Å²) in [6.45, 7) is 0. The van der Waals surface area contributed by atoms with Gasteiger partial charge >= 0.3 is 0 Å². The third-order valence-electron chi connectivity index (χ3n) is 3.25. The Bertz CT molecular complexity index is 645. The summed E-state index contributed by atoms with van der Waals surface area (Å²) in [6, 6.07) is 3.84. The van der Waals surface area contributed by atoms with Crippen LogP contribution < -0.4 is 15.2 Å². The molecule has 7 heteroatoms. The fourth-order valence-corrected chi connectivity index (χ4v) is 3.43. The monoisotopic (exact) mass is 406 g/mol. The molecule has 2 N–H and O–H groups in total. The molecule has 3 rings (SSSR count). The van der Waals surface area contributed by atoms with E-state index >= 15 is 0 Å². The minimum absolute atomic E-state index is 0. The van der Waals surface area contributed by atoms with E-state index in [1.807, 2.05) is 12.1 Å². The molecule has 20 heavy (non-hydrogen) atoms. The number of rotatable bonds is 3. The number of halogens is 1. The molecule has 0 fully saturated rings. The molecule has 1 unspecified atom stereocenters. The van der Waals surface area contributed by atoms with Crippen LogP contribution in [0.1, 0.15) is 16.5 Å². The van der Waals surface area contributed by atoms with Gasteiger partial charge in [0.05, 0.1) is 24.8 Å². The van der Waals surface area contributed by atoms with Crippen LogP contribution >= 0.6 is 35.3 Å². The van der Waals surface area contributed by atoms with Gasteiger partial charge in [-0.2, -0.15) is 0 Å². The minimum Gasteiger partial charge on any atom is -0.493 e. The molecule has 0 spiro atoms. The number of nitrogens with two attached hydrogens (primary N) is 1. The summed E-state index contributed by atoms with van der Waals surface area (Å²) >= 11 is 1.44. The van der Waals surface area contributed by atoms with Crippen molar-refractivity contribution in [3.63, 3.8) is 0 Å². The van der Waals surface area contributed by atoms with E-state index in [2.05, 4.69) is 4.98 Å². The number of fused-ring (bicyclic) bond motifs is 3. The zero-order chi connectivity index (χ0) is 13.6. The van der Waals surface area contributed by atoms with E-state index in [-0.39, 0.29) is 30.1 Å². The van der Waals surface area contributed by atoms with Crippen LogP contribution in [0, 0.1) is 0 Å². The first-order valence-corrected chi connectivity index (χ1v) is 6.57. The maximum atomic E-state index is 5.79. The predicted molar refractivity (Wildman–Crippen MR) is 89.3 cm³/mol. The highest BCUT2D eigenvalue weighted by Crippen LogP contribution is 2.53. The van der Waals surface area contributed by atoms with Crippen molar-refractivity contribution in [3.8, 4) is 22.8 Å². The maximum Gasteiger partial charge on any atom is 0.180 e. The summed E-state index contributed by atoms with van der Waals surface area (Å²) in [5.41, 5.74) is 8.61. The van der Waals surface area contributed by atoms with E-state index in [1.165, 1.54) is 11.3 Å². The summed E-state index contributed by atoms with van der Waals surface area (Å²) in [6.07, 6.45) is -0.204. The zero-order valence-corrected chi connectivity index (χ0v) is 14.4. The fraction of sp³-hybridized carbons (Fsp3) is 0.308. The van der Waals surface area contributed by atoms with Crippen LogP contribution in [-0.4, -0.2) is 26.3 Å². The number of hydrogen-bond donors (Lipinski definition) is 1. The molecule has 1 aliphatic carbocycles. The Hall–Kier alpha value is -1.06. The lowest BCUT2D eigenvalue weighted by atomic mass is 10.1. The highest BCUT2D eigenvalue weighted by atomic mass is 127. The molecule has 0 saturated carbocycles. The van der Waals surface area contributed by atoms with Crippen LogP contribution in [0.5, 0.6) is 11.5 Å². The van der Waals surface area contributed by atoms with E-state index < -0.39 is 0 Å². The van der Waals surface area contributed by atoms with Gasteiger partial charge in [-0.25, -0.2) is 4.98 Å². The number of aromatic nitrogens is 1. The van der Waals surface area contributed by atoms with Crippen LogP contribution in [-0.2, 0) is 4.74 Å². The van der Waals surface area contributed by atoms with Gasteiger partial charge in [-0.3, -0.25) is 0 Å². The second-order valence-corrected chi connectivity index (χ2v) is 5.21. The van der Waals surface area contributed by atoms with Gasteiger partial charge in [0.25, 0.3) is 0 Å². The summed E-state index contributed by atoms with van der Waals surface area (Å²) in [7, 11) is 4.91. The topological polar surface area (TPSA) is 66.6 Å². The van der Waals surface area contributed by atoms with Crippen LogP contribution in [0.15, 0.2) is 12.1 Å². The van der Waals surface area contributed by atoms with E-state index in [0.29, 0.717) is 16.6 Å². The predicted octanol–water partition coefficient (Wildman–Crippen LogP) is 3.08. The second-order valence-electron chi connectivity index (χ2n) is 4.14. The average Bonchev–Trinajstić information content (AvgIpc) is 2.92. The number of nitrogens with zero attached hydrogens (tertiary/aromatic N) is 1. The first kappa shape index (κ1) is 15.3. The fourth-order valence-electron chi connectivity index (χ4n) is 2.49. The van der Waals surface area contributed by atoms with Crippen molar-refractivity contribution in [2.75, 3.05) is 27.1 Å². The molecule has 0 aliphatic heterocycles. The number of ether oxygens (including phenoxy) is 3. The van der Waals surface area contributed by atoms with E-state index in [1.54, 1.807) is 21.3 Å². The van der Waals surface area contributed by atoms with Crippen molar-refractivity contribution < 1.29 is 14.2 Å². The molecule has 1 atom stereocenters. The van der Waals surface area contributed by atoms with Crippen LogP contribution in [0.25, 0.3) is 11.3 Å². The lowest BCUT2D eigenvalue weighted by Gasteiger charge is -2.16. The van der Waals surface area contributed by atoms with Crippen LogP contribution in [0.2, 0.25) is 0 Å². The number of anilines is 1. The minimum atomic E-state index is -0.204. The largest absolute Gasteiger partial charge is 0.493 e. The summed E-state index contributed by atoms with van der Waals surface area (Å²) in [5, 5.41) is 0.549. The average molecular weight is 406 g/mol. The molecule has 0 amide bonds. The van der Waals surface area contributed by atoms with Gasteiger partial charge in [0.2, 0.25) is 0 Å². The van der Waals surface area contributed by atoms with Gasteiger partial charge in [-0.05, 0) is 12.1 Å². The quantitative estimate of drug-likeness (QED) is 0.794. The molecule has 1 heterocycles. The van der Waals surface area contributed by atoms with Crippen molar-refractivity contribution >= 4 is 40.4 Å². The molecule has 1 aromatic heterocycles. The van der Waals surface area contributed by atoms with Crippen molar-refractivity contribution in [2.24, 2.45) is 0 Å². The first-order chi connectivity index (χ1) is 9.21. The highest BCUT2D eigenvalue weighted by molar-refractivity contribution is 14.0. The molecule has 0 bridgehead atoms. The van der Waals surface area contributed by atoms with Gasteiger partial charge < -0.3 is 19.9 Å². The van der Waals surface area contributed by atoms with E-state index in [0.717, 1.165) is 21.7 Å². The second kappa shape index (κ2) is 5.74.